The molecule has 0 bridgehead atoms. The largest absolute Gasteiger partial charge is 0.381 e. The van der Waals surface area contributed by atoms with Crippen molar-refractivity contribution < 1.29 is 9.53 Å². The van der Waals surface area contributed by atoms with Crippen molar-refractivity contribution in [3.63, 3.8) is 0 Å². The van der Waals surface area contributed by atoms with Crippen LogP contribution in [0.5, 0.6) is 0 Å². The predicted molar refractivity (Wildman–Crippen MR) is 91.5 cm³/mol. The molecule has 1 amide bonds. The lowest BCUT2D eigenvalue weighted by Crippen LogP contribution is -2.54. The Kier molecular flexibility index (Phi) is 5.86. The normalized spacial score (nSPS) is 24.2. The summed E-state index contributed by atoms with van der Waals surface area (Å²) < 4.78 is 7.40. The highest BCUT2D eigenvalue weighted by molar-refractivity contribution is 5.78. The summed E-state index contributed by atoms with van der Waals surface area (Å²) in [5, 5.41) is 3.15. The van der Waals surface area contributed by atoms with Gasteiger partial charge in [0.05, 0.1) is 13.1 Å². The molecule has 1 N–H and O–H groups in total. The molecular weight excluding hydrogens is 306 g/mol. The number of imidazole rings is 1. The molecule has 1 atom stereocenters. The summed E-state index contributed by atoms with van der Waals surface area (Å²) in [6.07, 6.45) is 5.69. The standard InChI is InChI=1S/C17H29N5O2/c1-14-11-21(13-17(23)19-15-3-9-24-10-4-15)7-8-22(14)12-16-18-5-6-20(16)2/h5-6,14-15H,3-4,7-13H2,1-2H3,(H,19,23)/t14-/m1/s1. The summed E-state index contributed by atoms with van der Waals surface area (Å²) in [7, 11) is 2.03. The fourth-order valence-electron chi connectivity index (χ4n) is 3.50. The molecule has 24 heavy (non-hydrogen) atoms. The zero-order valence-corrected chi connectivity index (χ0v) is 14.8. The highest BCUT2D eigenvalue weighted by Gasteiger charge is 2.26. The maximum Gasteiger partial charge on any atom is 0.234 e. The first-order valence-electron chi connectivity index (χ1n) is 8.91. The van der Waals surface area contributed by atoms with Gasteiger partial charge in [-0.15, -0.1) is 0 Å². The average molecular weight is 335 g/mol. The lowest BCUT2D eigenvalue weighted by atomic mass is 10.1. The van der Waals surface area contributed by atoms with Crippen LogP contribution in [-0.4, -0.2) is 76.7 Å². The van der Waals surface area contributed by atoms with E-state index in [1.54, 1.807) is 0 Å². The molecule has 3 rings (SSSR count). The van der Waals surface area contributed by atoms with E-state index in [1.807, 2.05) is 19.4 Å². The first-order valence-corrected chi connectivity index (χ1v) is 8.91. The number of carbonyl (C=O) groups excluding carboxylic acids is 1. The molecule has 0 aromatic carbocycles. The minimum atomic E-state index is 0.145. The summed E-state index contributed by atoms with van der Waals surface area (Å²) >= 11 is 0. The van der Waals surface area contributed by atoms with Gasteiger partial charge in [-0.25, -0.2) is 4.98 Å². The third-order valence-electron chi connectivity index (χ3n) is 5.07. The van der Waals surface area contributed by atoms with Gasteiger partial charge in [-0.1, -0.05) is 0 Å². The summed E-state index contributed by atoms with van der Waals surface area (Å²) in [6, 6.07) is 0.708. The second-order valence-corrected chi connectivity index (χ2v) is 6.96. The quantitative estimate of drug-likeness (QED) is 0.834. The minimum absolute atomic E-state index is 0.145. The number of piperazine rings is 1. The molecule has 7 nitrogen and oxygen atoms in total. The Morgan fingerprint density at radius 3 is 2.83 bits per heavy atom. The monoisotopic (exact) mass is 335 g/mol. The second-order valence-electron chi connectivity index (χ2n) is 6.96. The SMILES string of the molecule is C[C@@H]1CN(CC(=O)NC2CCOCC2)CCN1Cc1nccn1C. The van der Waals surface area contributed by atoms with E-state index in [0.29, 0.717) is 12.6 Å². The van der Waals surface area contributed by atoms with Gasteiger partial charge >= 0.3 is 0 Å². The van der Waals surface area contributed by atoms with Crippen molar-refractivity contribution in [3.8, 4) is 0 Å². The summed E-state index contributed by atoms with van der Waals surface area (Å²) in [5.74, 6) is 1.24. The molecule has 0 spiro atoms. The van der Waals surface area contributed by atoms with Crippen molar-refractivity contribution in [2.45, 2.75) is 38.4 Å². The fourth-order valence-corrected chi connectivity index (χ4v) is 3.50. The first-order chi connectivity index (χ1) is 11.6. The van der Waals surface area contributed by atoms with Crippen molar-refractivity contribution in [2.75, 3.05) is 39.4 Å². The van der Waals surface area contributed by atoms with E-state index < -0.39 is 0 Å². The van der Waals surface area contributed by atoms with Crippen molar-refractivity contribution in [3.05, 3.63) is 18.2 Å². The van der Waals surface area contributed by atoms with Gasteiger partial charge < -0.3 is 14.6 Å². The van der Waals surface area contributed by atoms with Gasteiger partial charge in [0.1, 0.15) is 5.82 Å². The molecule has 1 aromatic rings. The third kappa shape index (κ3) is 4.55. The first kappa shape index (κ1) is 17.4. The summed E-state index contributed by atoms with van der Waals surface area (Å²) in [5.41, 5.74) is 0. The molecule has 2 aliphatic rings. The molecule has 0 unspecified atom stereocenters. The topological polar surface area (TPSA) is 62.6 Å². The van der Waals surface area contributed by atoms with Crippen LogP contribution in [0.15, 0.2) is 12.4 Å². The number of amides is 1. The number of hydrogen-bond donors (Lipinski definition) is 1. The van der Waals surface area contributed by atoms with E-state index in [2.05, 4.69) is 31.6 Å². The van der Waals surface area contributed by atoms with Gasteiger partial charge in [0.25, 0.3) is 0 Å². The van der Waals surface area contributed by atoms with Crippen molar-refractivity contribution in [1.29, 1.82) is 0 Å². The van der Waals surface area contributed by atoms with Crippen LogP contribution in [-0.2, 0) is 23.1 Å². The Morgan fingerprint density at radius 1 is 1.38 bits per heavy atom. The second kappa shape index (κ2) is 8.09. The Bertz CT molecular complexity index is 541. The third-order valence-corrected chi connectivity index (χ3v) is 5.07. The average Bonchev–Trinajstić information content (AvgIpc) is 2.96. The number of nitrogens with zero attached hydrogens (tertiary/aromatic N) is 4. The smallest absolute Gasteiger partial charge is 0.234 e. The summed E-state index contributed by atoms with van der Waals surface area (Å²) in [6.45, 7) is 7.93. The number of carbonyl (C=O) groups is 1. The van der Waals surface area contributed by atoms with Gasteiger partial charge in [-0.2, -0.15) is 0 Å². The summed E-state index contributed by atoms with van der Waals surface area (Å²) in [4.78, 5) is 21.4. The Hall–Kier alpha value is -1.44. The molecule has 7 heteroatoms. The van der Waals surface area contributed by atoms with E-state index in [-0.39, 0.29) is 11.9 Å². The fraction of sp³-hybridized carbons (Fsp3) is 0.765. The molecule has 0 radical (unpaired) electrons. The van der Waals surface area contributed by atoms with E-state index >= 15 is 0 Å². The van der Waals surface area contributed by atoms with Gasteiger partial charge in [-0.3, -0.25) is 14.6 Å². The van der Waals surface area contributed by atoms with Gasteiger partial charge in [0, 0.05) is 64.4 Å². The van der Waals surface area contributed by atoms with E-state index in [9.17, 15) is 4.79 Å². The van der Waals surface area contributed by atoms with Crippen LogP contribution in [0.1, 0.15) is 25.6 Å². The maximum absolute atomic E-state index is 12.2. The van der Waals surface area contributed by atoms with Crippen LogP contribution in [0.3, 0.4) is 0 Å². The number of ether oxygens (including phenoxy) is 1. The number of nitrogens with one attached hydrogen (secondary N) is 1. The van der Waals surface area contributed by atoms with Crippen molar-refractivity contribution in [1.82, 2.24) is 24.7 Å². The Balaban J connectivity index is 1.43. The minimum Gasteiger partial charge on any atom is -0.381 e. The van der Waals surface area contributed by atoms with E-state index in [4.69, 9.17) is 4.74 Å². The van der Waals surface area contributed by atoms with Crippen LogP contribution >= 0.6 is 0 Å². The molecule has 1 aromatic heterocycles. The van der Waals surface area contributed by atoms with Crippen LogP contribution in [0, 0.1) is 0 Å². The molecule has 0 saturated carbocycles. The maximum atomic E-state index is 12.2. The van der Waals surface area contributed by atoms with Crippen LogP contribution < -0.4 is 5.32 Å². The highest BCUT2D eigenvalue weighted by atomic mass is 16.5. The zero-order chi connectivity index (χ0) is 16.9. The van der Waals surface area contributed by atoms with E-state index in [1.165, 1.54) is 0 Å². The van der Waals surface area contributed by atoms with Gasteiger partial charge in [0.15, 0.2) is 0 Å². The Labute approximate surface area is 144 Å². The molecule has 2 aliphatic heterocycles. The predicted octanol–water partition coefficient (Wildman–Crippen LogP) is 0.221. The highest BCUT2D eigenvalue weighted by Crippen LogP contribution is 2.13. The molecular formula is C17H29N5O2. The number of aryl methyl sites for hydroxylation is 1. The van der Waals surface area contributed by atoms with E-state index in [0.717, 1.165) is 58.1 Å². The Morgan fingerprint density at radius 2 is 2.17 bits per heavy atom. The van der Waals surface area contributed by atoms with Crippen LogP contribution in [0.2, 0.25) is 0 Å². The molecule has 0 aliphatic carbocycles. The molecule has 2 saturated heterocycles. The lowest BCUT2D eigenvalue weighted by Gasteiger charge is -2.39. The van der Waals surface area contributed by atoms with Gasteiger partial charge in [0.2, 0.25) is 5.91 Å². The molecule has 2 fully saturated rings. The van der Waals surface area contributed by atoms with Crippen molar-refractivity contribution in [2.24, 2.45) is 7.05 Å². The molecule has 3 heterocycles. The van der Waals surface area contributed by atoms with Gasteiger partial charge in [-0.05, 0) is 19.8 Å². The number of hydrogen-bond acceptors (Lipinski definition) is 5. The number of aromatic nitrogens is 2. The lowest BCUT2D eigenvalue weighted by molar-refractivity contribution is -0.124. The van der Waals surface area contributed by atoms with Crippen LogP contribution in [0.4, 0.5) is 0 Å². The number of rotatable bonds is 5. The zero-order valence-electron chi connectivity index (χ0n) is 14.8. The molecule has 134 valence electrons. The van der Waals surface area contributed by atoms with Crippen molar-refractivity contribution >= 4 is 5.91 Å². The van der Waals surface area contributed by atoms with Crippen LogP contribution in [0.25, 0.3) is 0 Å².